The van der Waals surface area contributed by atoms with E-state index in [2.05, 4.69) is 28.2 Å². The van der Waals surface area contributed by atoms with Gasteiger partial charge in [-0.25, -0.2) is 4.39 Å². The Kier molecular flexibility index (Phi) is 3.02. The first kappa shape index (κ1) is 11.6. The summed E-state index contributed by atoms with van der Waals surface area (Å²) >= 11 is 3.24. The van der Waals surface area contributed by atoms with Gasteiger partial charge in [0.15, 0.2) is 0 Å². The summed E-state index contributed by atoms with van der Waals surface area (Å²) in [7, 11) is 0. The predicted molar refractivity (Wildman–Crippen MR) is 63.8 cm³/mol. The first-order valence-corrected chi connectivity index (χ1v) is 6.03. The van der Waals surface area contributed by atoms with Gasteiger partial charge in [-0.2, -0.15) is 0 Å². The lowest BCUT2D eigenvalue weighted by Crippen LogP contribution is -2.29. The van der Waals surface area contributed by atoms with Crippen molar-refractivity contribution in [3.63, 3.8) is 0 Å². The number of hydrogen-bond acceptors (Lipinski definition) is 1. The Balaban J connectivity index is 2.05. The molecule has 1 amide bonds. The summed E-state index contributed by atoms with van der Waals surface area (Å²) in [5, 5.41) is 2.83. The quantitative estimate of drug-likeness (QED) is 0.908. The Labute approximate surface area is 102 Å². The molecule has 86 valence electrons. The van der Waals surface area contributed by atoms with Crippen LogP contribution in [0.2, 0.25) is 0 Å². The largest absolute Gasteiger partial charge is 0.351 e. The molecule has 1 saturated carbocycles. The maximum atomic E-state index is 13.0. The fourth-order valence-electron chi connectivity index (χ4n) is 1.45. The summed E-state index contributed by atoms with van der Waals surface area (Å²) in [6, 6.07) is 4.11. The number of nitrogens with one attached hydrogen (secondary N) is 1. The molecule has 0 radical (unpaired) electrons. The number of benzene rings is 1. The molecule has 0 saturated heterocycles. The van der Waals surface area contributed by atoms with Crippen LogP contribution >= 0.6 is 15.9 Å². The Hall–Kier alpha value is -0.900. The Morgan fingerprint density at radius 1 is 1.56 bits per heavy atom. The van der Waals surface area contributed by atoms with Gasteiger partial charge in [0, 0.05) is 11.0 Å². The van der Waals surface area contributed by atoms with Crippen LogP contribution < -0.4 is 5.32 Å². The third-order valence-electron chi connectivity index (χ3n) is 2.95. The van der Waals surface area contributed by atoms with Crippen LogP contribution in [-0.4, -0.2) is 12.5 Å². The van der Waals surface area contributed by atoms with E-state index in [0.29, 0.717) is 16.6 Å². The molecule has 1 aromatic carbocycles. The highest BCUT2D eigenvalue weighted by Gasteiger charge is 2.37. The highest BCUT2D eigenvalue weighted by atomic mass is 79.9. The van der Waals surface area contributed by atoms with Crippen molar-refractivity contribution in [1.29, 1.82) is 0 Å². The smallest absolute Gasteiger partial charge is 0.252 e. The lowest BCUT2D eigenvalue weighted by atomic mass is 10.1. The molecule has 1 N–H and O–H groups in total. The summed E-state index contributed by atoms with van der Waals surface area (Å²) in [5.41, 5.74) is 0.611. The Morgan fingerprint density at radius 3 is 2.88 bits per heavy atom. The van der Waals surface area contributed by atoms with Crippen LogP contribution in [0.1, 0.15) is 30.1 Å². The summed E-state index contributed by atoms with van der Waals surface area (Å²) in [5.74, 6) is -0.620. The number of carbonyl (C=O) groups excluding carboxylic acids is 1. The van der Waals surface area contributed by atoms with E-state index in [9.17, 15) is 9.18 Å². The van der Waals surface area contributed by atoms with Crippen LogP contribution in [0.5, 0.6) is 0 Å². The predicted octanol–water partition coefficient (Wildman–Crippen LogP) is 3.12. The normalized spacial score (nSPS) is 16.9. The SMILES string of the molecule is CC1(CNC(=O)c2cc(F)ccc2Br)CC1. The van der Waals surface area contributed by atoms with Gasteiger partial charge in [0.05, 0.1) is 5.56 Å². The molecule has 16 heavy (non-hydrogen) atoms. The second-order valence-electron chi connectivity index (χ2n) is 4.62. The first-order chi connectivity index (χ1) is 7.50. The van der Waals surface area contributed by atoms with Crippen LogP contribution in [0.4, 0.5) is 4.39 Å². The van der Waals surface area contributed by atoms with Crippen LogP contribution in [0, 0.1) is 11.2 Å². The second-order valence-corrected chi connectivity index (χ2v) is 5.47. The Bertz CT molecular complexity index is 429. The van der Waals surface area contributed by atoms with E-state index in [1.165, 1.54) is 12.1 Å². The molecule has 0 unspecified atom stereocenters. The van der Waals surface area contributed by atoms with Gasteiger partial charge >= 0.3 is 0 Å². The van der Waals surface area contributed by atoms with Crippen molar-refractivity contribution in [1.82, 2.24) is 5.32 Å². The molecule has 0 atom stereocenters. The molecule has 0 aromatic heterocycles. The fourth-order valence-corrected chi connectivity index (χ4v) is 1.88. The first-order valence-electron chi connectivity index (χ1n) is 5.23. The zero-order chi connectivity index (χ0) is 11.8. The number of halogens is 2. The van der Waals surface area contributed by atoms with Crippen LogP contribution in [0.25, 0.3) is 0 Å². The van der Waals surface area contributed by atoms with Gasteiger partial charge in [-0.15, -0.1) is 0 Å². The topological polar surface area (TPSA) is 29.1 Å². The standard InChI is InChI=1S/C12H13BrFNO/c1-12(4-5-12)7-15-11(16)9-6-8(14)2-3-10(9)13/h2-3,6H,4-5,7H2,1H3,(H,15,16). The van der Waals surface area contributed by atoms with Gasteiger partial charge in [-0.05, 0) is 52.4 Å². The third-order valence-corrected chi connectivity index (χ3v) is 3.64. The van der Waals surface area contributed by atoms with Crippen molar-refractivity contribution >= 4 is 21.8 Å². The molecular weight excluding hydrogens is 273 g/mol. The zero-order valence-electron chi connectivity index (χ0n) is 9.02. The van der Waals surface area contributed by atoms with Gasteiger partial charge in [-0.3, -0.25) is 4.79 Å². The molecule has 2 nitrogen and oxygen atoms in total. The number of carbonyl (C=O) groups is 1. The van der Waals surface area contributed by atoms with Gasteiger partial charge in [0.25, 0.3) is 5.91 Å². The molecule has 1 aliphatic rings. The zero-order valence-corrected chi connectivity index (χ0v) is 10.6. The average molecular weight is 286 g/mol. The van der Waals surface area contributed by atoms with Crippen LogP contribution in [0.3, 0.4) is 0 Å². The maximum Gasteiger partial charge on any atom is 0.252 e. The molecular formula is C12H13BrFNO. The van der Waals surface area contributed by atoms with E-state index in [1.54, 1.807) is 6.07 Å². The van der Waals surface area contributed by atoms with Gasteiger partial charge in [0.1, 0.15) is 5.82 Å². The van der Waals surface area contributed by atoms with Gasteiger partial charge < -0.3 is 5.32 Å². The minimum absolute atomic E-state index is 0.223. The molecule has 0 heterocycles. The van der Waals surface area contributed by atoms with Crippen molar-refractivity contribution in [2.24, 2.45) is 5.41 Å². The van der Waals surface area contributed by atoms with Gasteiger partial charge in [-0.1, -0.05) is 6.92 Å². The van der Waals surface area contributed by atoms with E-state index in [0.717, 1.165) is 12.8 Å². The van der Waals surface area contributed by atoms with Crippen molar-refractivity contribution in [2.45, 2.75) is 19.8 Å². The van der Waals surface area contributed by atoms with E-state index < -0.39 is 5.82 Å². The fraction of sp³-hybridized carbons (Fsp3) is 0.417. The highest BCUT2D eigenvalue weighted by molar-refractivity contribution is 9.10. The molecule has 0 aliphatic heterocycles. The number of amides is 1. The van der Waals surface area contributed by atoms with Crippen molar-refractivity contribution in [3.8, 4) is 0 Å². The number of hydrogen-bond donors (Lipinski definition) is 1. The lowest BCUT2D eigenvalue weighted by molar-refractivity contribution is 0.0945. The van der Waals surface area contributed by atoms with Crippen molar-refractivity contribution in [2.75, 3.05) is 6.54 Å². The molecule has 4 heteroatoms. The summed E-state index contributed by atoms with van der Waals surface area (Å²) in [4.78, 5) is 11.8. The summed E-state index contributed by atoms with van der Waals surface area (Å²) in [6.45, 7) is 2.79. The molecule has 0 spiro atoms. The minimum Gasteiger partial charge on any atom is -0.351 e. The summed E-state index contributed by atoms with van der Waals surface area (Å²) < 4.78 is 13.6. The molecule has 1 fully saturated rings. The summed E-state index contributed by atoms with van der Waals surface area (Å²) in [6.07, 6.45) is 2.30. The van der Waals surface area contributed by atoms with E-state index in [4.69, 9.17) is 0 Å². The molecule has 0 bridgehead atoms. The lowest BCUT2D eigenvalue weighted by Gasteiger charge is -2.10. The monoisotopic (exact) mass is 285 g/mol. The van der Waals surface area contributed by atoms with Crippen LogP contribution in [-0.2, 0) is 0 Å². The third kappa shape index (κ3) is 2.61. The average Bonchev–Trinajstić information content (AvgIpc) is 2.97. The highest BCUT2D eigenvalue weighted by Crippen LogP contribution is 2.44. The maximum absolute atomic E-state index is 13.0. The molecule has 2 rings (SSSR count). The van der Waals surface area contributed by atoms with Crippen LogP contribution in [0.15, 0.2) is 22.7 Å². The minimum atomic E-state index is -0.397. The van der Waals surface area contributed by atoms with Crippen molar-refractivity contribution < 1.29 is 9.18 Å². The van der Waals surface area contributed by atoms with Gasteiger partial charge in [0.2, 0.25) is 0 Å². The van der Waals surface area contributed by atoms with E-state index in [1.807, 2.05) is 0 Å². The Morgan fingerprint density at radius 2 is 2.25 bits per heavy atom. The number of rotatable bonds is 3. The van der Waals surface area contributed by atoms with E-state index >= 15 is 0 Å². The van der Waals surface area contributed by atoms with E-state index in [-0.39, 0.29) is 11.3 Å². The molecule has 1 aromatic rings. The molecule has 1 aliphatic carbocycles. The second kappa shape index (κ2) is 4.17. The van der Waals surface area contributed by atoms with Crippen molar-refractivity contribution in [3.05, 3.63) is 34.1 Å².